The number of nitrogens with two attached hydrogens (primary N) is 1. The number of benzene rings is 1. The molecule has 0 spiro atoms. The first-order valence-electron chi connectivity index (χ1n) is 7.42. The van der Waals surface area contributed by atoms with Crippen LogP contribution in [0.1, 0.15) is 25.8 Å². The van der Waals surface area contributed by atoms with Gasteiger partial charge in [0.2, 0.25) is 5.91 Å². The van der Waals surface area contributed by atoms with E-state index in [1.54, 1.807) is 7.11 Å². The molecule has 0 radical (unpaired) electrons. The maximum absolute atomic E-state index is 11.6. The van der Waals surface area contributed by atoms with Gasteiger partial charge >= 0.3 is 0 Å². The molecule has 0 aromatic heterocycles. The van der Waals surface area contributed by atoms with Crippen LogP contribution < -0.4 is 10.5 Å². The van der Waals surface area contributed by atoms with E-state index in [0.29, 0.717) is 30.3 Å². The quantitative estimate of drug-likeness (QED) is 0.870. The molecule has 1 amide bonds. The van der Waals surface area contributed by atoms with Crippen LogP contribution >= 0.6 is 11.6 Å². The summed E-state index contributed by atoms with van der Waals surface area (Å²) in [7, 11) is 1.65. The number of carbonyl (C=O) groups excluding carboxylic acids is 1. The third kappa shape index (κ3) is 4.12. The molecule has 22 heavy (non-hydrogen) atoms. The fourth-order valence-electron chi connectivity index (χ4n) is 2.73. The molecule has 1 aromatic rings. The number of hydrogen-bond acceptors (Lipinski definition) is 4. The van der Waals surface area contributed by atoms with Gasteiger partial charge in [0.25, 0.3) is 0 Å². The van der Waals surface area contributed by atoms with Gasteiger partial charge in [-0.15, -0.1) is 0 Å². The van der Waals surface area contributed by atoms with Crippen molar-refractivity contribution in [3.63, 3.8) is 0 Å². The van der Waals surface area contributed by atoms with E-state index in [0.717, 1.165) is 5.56 Å². The Labute approximate surface area is 136 Å². The fourth-order valence-corrected chi connectivity index (χ4v) is 2.98. The Balaban J connectivity index is 2.09. The Morgan fingerprint density at radius 3 is 2.77 bits per heavy atom. The number of rotatable bonds is 6. The summed E-state index contributed by atoms with van der Waals surface area (Å²) >= 11 is 6.25. The average Bonchev–Trinajstić information content (AvgIpc) is 2.85. The van der Waals surface area contributed by atoms with Crippen molar-refractivity contribution in [1.82, 2.24) is 4.90 Å². The number of nitrogens with zero attached hydrogens (tertiary/aromatic N) is 1. The number of likely N-dealkylation sites (tertiary alicyclic amines) is 1. The van der Waals surface area contributed by atoms with Gasteiger partial charge in [-0.1, -0.05) is 17.7 Å². The first-order valence-corrected chi connectivity index (χ1v) is 7.79. The molecular weight excluding hydrogens is 304 g/mol. The minimum atomic E-state index is -0.314. The van der Waals surface area contributed by atoms with Crippen molar-refractivity contribution in [3.05, 3.63) is 28.8 Å². The molecule has 0 aliphatic carbocycles. The van der Waals surface area contributed by atoms with E-state index < -0.39 is 0 Å². The molecule has 1 aliphatic heterocycles. The monoisotopic (exact) mass is 326 g/mol. The largest absolute Gasteiger partial charge is 0.489 e. The number of hydrogen-bond donors (Lipinski definition) is 1. The molecular formula is C16H23ClN2O3. The van der Waals surface area contributed by atoms with E-state index in [4.69, 9.17) is 26.8 Å². The maximum atomic E-state index is 11.6. The Kier molecular flexibility index (Phi) is 5.67. The predicted molar refractivity (Wildman–Crippen MR) is 86.0 cm³/mol. The van der Waals surface area contributed by atoms with E-state index in [2.05, 4.69) is 0 Å². The summed E-state index contributed by atoms with van der Waals surface area (Å²) in [5, 5.41) is 0.573. The summed E-state index contributed by atoms with van der Waals surface area (Å²) in [5.74, 6) is 0.355. The van der Waals surface area contributed by atoms with Crippen molar-refractivity contribution in [2.24, 2.45) is 5.73 Å². The normalized spacial score (nSPS) is 22.2. The Hall–Kier alpha value is -1.30. The summed E-state index contributed by atoms with van der Waals surface area (Å²) in [6, 6.07) is 5.40. The smallest absolute Gasteiger partial charge is 0.234 e. The maximum Gasteiger partial charge on any atom is 0.234 e. The van der Waals surface area contributed by atoms with Gasteiger partial charge in [0.05, 0.1) is 23.3 Å². The Morgan fingerprint density at radius 1 is 1.50 bits per heavy atom. The minimum absolute atomic E-state index is 0.0384. The number of methoxy groups -OCH3 is 1. The lowest BCUT2D eigenvalue weighted by Crippen LogP contribution is -2.39. The van der Waals surface area contributed by atoms with Gasteiger partial charge in [-0.2, -0.15) is 0 Å². The van der Waals surface area contributed by atoms with Crippen molar-refractivity contribution in [2.45, 2.75) is 45.1 Å². The lowest BCUT2D eigenvalue weighted by atomic mass is 10.1. The van der Waals surface area contributed by atoms with E-state index >= 15 is 0 Å². The fraction of sp³-hybridized carbons (Fsp3) is 0.562. The lowest BCUT2D eigenvalue weighted by Gasteiger charge is -2.22. The number of amides is 1. The number of primary amides is 1. The van der Waals surface area contributed by atoms with E-state index in [1.807, 2.05) is 36.9 Å². The second-order valence-electron chi connectivity index (χ2n) is 5.87. The topological polar surface area (TPSA) is 64.8 Å². The van der Waals surface area contributed by atoms with Crippen LogP contribution in [0.2, 0.25) is 5.02 Å². The van der Waals surface area contributed by atoms with Crippen LogP contribution in [0.25, 0.3) is 0 Å². The molecule has 1 aliphatic rings. The molecule has 0 bridgehead atoms. The van der Waals surface area contributed by atoms with Crippen LogP contribution in [0.5, 0.6) is 5.75 Å². The Bertz CT molecular complexity index is 536. The first-order chi connectivity index (χ1) is 10.4. The summed E-state index contributed by atoms with van der Waals surface area (Å²) in [5.41, 5.74) is 6.50. The zero-order valence-corrected chi connectivity index (χ0v) is 14.0. The van der Waals surface area contributed by atoms with Crippen LogP contribution in [0, 0.1) is 0 Å². The van der Waals surface area contributed by atoms with Gasteiger partial charge in [-0.05, 0) is 38.0 Å². The minimum Gasteiger partial charge on any atom is -0.489 e. The highest BCUT2D eigenvalue weighted by molar-refractivity contribution is 6.32. The standard InChI is InChI=1S/C16H23ClN2O3/c1-10(2)22-15-5-4-11(6-13(15)17)8-19-9-12(21-3)7-14(19)16(18)20/h4-6,10,12,14H,7-9H2,1-3H3,(H2,18,20)/t12-,14-/m0/s1. The molecule has 1 saturated heterocycles. The van der Waals surface area contributed by atoms with Crippen molar-refractivity contribution in [2.75, 3.05) is 13.7 Å². The highest BCUT2D eigenvalue weighted by Gasteiger charge is 2.35. The third-order valence-corrected chi connectivity index (χ3v) is 4.07. The van der Waals surface area contributed by atoms with Gasteiger partial charge in [0, 0.05) is 20.2 Å². The zero-order valence-electron chi connectivity index (χ0n) is 13.2. The Morgan fingerprint density at radius 2 is 2.23 bits per heavy atom. The molecule has 1 heterocycles. The van der Waals surface area contributed by atoms with Crippen molar-refractivity contribution in [3.8, 4) is 5.75 Å². The van der Waals surface area contributed by atoms with Crippen LogP contribution in [0.4, 0.5) is 0 Å². The van der Waals surface area contributed by atoms with E-state index in [9.17, 15) is 4.79 Å². The van der Waals surface area contributed by atoms with Crippen LogP contribution in [-0.4, -0.2) is 42.7 Å². The molecule has 0 unspecified atom stereocenters. The van der Waals surface area contributed by atoms with Crippen LogP contribution in [-0.2, 0) is 16.1 Å². The number of halogens is 1. The molecule has 1 aromatic carbocycles. The molecule has 2 rings (SSSR count). The van der Waals surface area contributed by atoms with Crippen molar-refractivity contribution >= 4 is 17.5 Å². The van der Waals surface area contributed by atoms with Crippen LogP contribution in [0.3, 0.4) is 0 Å². The lowest BCUT2D eigenvalue weighted by molar-refractivity contribution is -0.122. The SMILES string of the molecule is CO[C@H]1C[C@@H](C(N)=O)N(Cc2ccc(OC(C)C)c(Cl)c2)C1. The molecule has 2 N–H and O–H groups in total. The van der Waals surface area contributed by atoms with Crippen molar-refractivity contribution in [1.29, 1.82) is 0 Å². The summed E-state index contributed by atoms with van der Waals surface area (Å²) in [4.78, 5) is 13.6. The summed E-state index contributed by atoms with van der Waals surface area (Å²) in [6.07, 6.45) is 0.744. The molecule has 1 fully saturated rings. The third-order valence-electron chi connectivity index (χ3n) is 3.77. The average molecular weight is 327 g/mol. The van der Waals surface area contributed by atoms with Gasteiger partial charge in [0.1, 0.15) is 5.75 Å². The molecule has 6 heteroatoms. The highest BCUT2D eigenvalue weighted by atomic mass is 35.5. The van der Waals surface area contributed by atoms with Gasteiger partial charge < -0.3 is 15.2 Å². The zero-order chi connectivity index (χ0) is 16.3. The molecule has 5 nitrogen and oxygen atoms in total. The second-order valence-corrected chi connectivity index (χ2v) is 6.28. The van der Waals surface area contributed by atoms with E-state index in [1.165, 1.54) is 0 Å². The number of carbonyl (C=O) groups is 1. The number of ether oxygens (including phenoxy) is 2. The first kappa shape index (κ1) is 17.1. The summed E-state index contributed by atoms with van der Waals surface area (Å²) < 4.78 is 11.0. The van der Waals surface area contributed by atoms with E-state index in [-0.39, 0.29) is 24.2 Å². The molecule has 122 valence electrons. The molecule has 2 atom stereocenters. The highest BCUT2D eigenvalue weighted by Crippen LogP contribution is 2.28. The van der Waals surface area contributed by atoms with Crippen molar-refractivity contribution < 1.29 is 14.3 Å². The van der Waals surface area contributed by atoms with Gasteiger partial charge in [0.15, 0.2) is 0 Å². The van der Waals surface area contributed by atoms with Crippen LogP contribution in [0.15, 0.2) is 18.2 Å². The summed E-state index contributed by atoms with van der Waals surface area (Å²) in [6.45, 7) is 5.20. The van der Waals surface area contributed by atoms with Gasteiger partial charge in [-0.25, -0.2) is 0 Å². The van der Waals surface area contributed by atoms with Gasteiger partial charge in [-0.3, -0.25) is 9.69 Å². The predicted octanol–water partition coefficient (Wildman–Crippen LogP) is 2.20. The second kappa shape index (κ2) is 7.31. The molecule has 0 saturated carbocycles.